The molecule has 2 bridgehead atoms. The second-order valence-corrected chi connectivity index (χ2v) is 12.2. The third-order valence-electron chi connectivity index (χ3n) is 9.50. The highest BCUT2D eigenvalue weighted by atomic mass is 16.5. The largest absolute Gasteiger partial charge is 0.490 e. The first-order valence-electron chi connectivity index (χ1n) is 15.0. The second-order valence-electron chi connectivity index (χ2n) is 12.2. The third kappa shape index (κ3) is 4.59. The number of fused-ring (bicyclic) bond motifs is 3. The third-order valence-corrected chi connectivity index (χ3v) is 9.50. The molecule has 4 aliphatic rings. The average molecular weight is 550 g/mol. The molecule has 3 aliphatic heterocycles. The molecule has 2 N–H and O–H groups in total. The first-order valence-corrected chi connectivity index (χ1v) is 15.0. The number of carbonyl (C=O) groups is 1. The molecule has 2 atom stereocenters. The minimum Gasteiger partial charge on any atom is -0.490 e. The maximum atomic E-state index is 12.0. The van der Waals surface area contributed by atoms with Gasteiger partial charge in [0, 0.05) is 34.8 Å². The molecule has 0 spiro atoms. The van der Waals surface area contributed by atoms with Gasteiger partial charge in [0.15, 0.2) is 0 Å². The van der Waals surface area contributed by atoms with Crippen LogP contribution in [0.3, 0.4) is 0 Å². The van der Waals surface area contributed by atoms with E-state index in [-0.39, 0.29) is 6.10 Å². The van der Waals surface area contributed by atoms with Gasteiger partial charge in [0.2, 0.25) is 5.91 Å². The number of amides is 1. The molecule has 4 aromatic rings. The highest BCUT2D eigenvalue weighted by Crippen LogP contribution is 2.42. The van der Waals surface area contributed by atoms with Crippen LogP contribution in [-0.4, -0.2) is 63.0 Å². The van der Waals surface area contributed by atoms with Crippen LogP contribution in [0.4, 0.5) is 0 Å². The summed E-state index contributed by atoms with van der Waals surface area (Å²) in [6, 6.07) is 19.9. The van der Waals surface area contributed by atoms with Gasteiger partial charge in [-0.15, -0.1) is 0 Å². The van der Waals surface area contributed by atoms with Crippen LogP contribution in [0, 0.1) is 0 Å². The van der Waals surface area contributed by atoms with E-state index in [9.17, 15) is 4.79 Å². The fourth-order valence-electron chi connectivity index (χ4n) is 7.29. The first kappa shape index (κ1) is 25.0. The molecule has 210 valence electrons. The summed E-state index contributed by atoms with van der Waals surface area (Å²) >= 11 is 0. The summed E-state index contributed by atoms with van der Waals surface area (Å²) < 4.78 is 14.0. The van der Waals surface area contributed by atoms with E-state index in [0.29, 0.717) is 36.2 Å². The summed E-state index contributed by atoms with van der Waals surface area (Å²) in [7, 11) is 0. The van der Waals surface area contributed by atoms with Crippen molar-refractivity contribution in [2.45, 2.75) is 75.2 Å². The van der Waals surface area contributed by atoms with Gasteiger partial charge >= 0.3 is 0 Å². The topological polar surface area (TPSA) is 95.5 Å². The van der Waals surface area contributed by atoms with Gasteiger partial charge in [-0.25, -0.2) is 0 Å². The standard InChI is InChI=1S/C33H35N5O3/c34-33(39)22-7-12-31-29(14-22)32(36-37(31)17-30-28(20-3-4-20)2-1-13-35-30)21-5-10-26(11-6-21)41-27-15-23-8-9-24(16-27)38(23)25-18-40-19-25/h1-2,5-7,10-14,20,23-25,27H,3-4,8-9,15-19H2,(H2,34,39). The summed E-state index contributed by atoms with van der Waals surface area (Å²) in [5.41, 5.74) is 11.3. The molecule has 2 aromatic carbocycles. The summed E-state index contributed by atoms with van der Waals surface area (Å²) in [4.78, 5) is 19.5. The lowest BCUT2D eigenvalue weighted by Gasteiger charge is -2.46. The molecule has 1 saturated carbocycles. The molecule has 1 amide bonds. The lowest BCUT2D eigenvalue weighted by molar-refractivity contribution is -0.102. The van der Waals surface area contributed by atoms with Crippen molar-refractivity contribution in [2.24, 2.45) is 5.73 Å². The molecule has 1 aliphatic carbocycles. The minimum absolute atomic E-state index is 0.243. The molecular formula is C33H35N5O3. The van der Waals surface area contributed by atoms with Crippen molar-refractivity contribution in [2.75, 3.05) is 13.2 Å². The molecule has 3 saturated heterocycles. The summed E-state index contributed by atoms with van der Waals surface area (Å²) in [5, 5.41) is 5.96. The number of hydrogen-bond acceptors (Lipinski definition) is 6. The predicted molar refractivity (Wildman–Crippen MR) is 156 cm³/mol. The van der Waals surface area contributed by atoms with Crippen LogP contribution in [0.15, 0.2) is 60.8 Å². The maximum absolute atomic E-state index is 12.0. The summed E-state index contributed by atoms with van der Waals surface area (Å²) in [6.07, 6.45) is 9.23. The fourth-order valence-corrected chi connectivity index (χ4v) is 7.29. The number of hydrogen-bond donors (Lipinski definition) is 1. The monoisotopic (exact) mass is 549 g/mol. The fraction of sp³-hybridized carbons (Fsp3) is 0.424. The van der Waals surface area contributed by atoms with Crippen LogP contribution in [-0.2, 0) is 11.3 Å². The van der Waals surface area contributed by atoms with Gasteiger partial charge in [0.1, 0.15) is 17.5 Å². The van der Waals surface area contributed by atoms with Gasteiger partial charge in [0.05, 0.1) is 37.0 Å². The Balaban J connectivity index is 1.06. The summed E-state index contributed by atoms with van der Waals surface area (Å²) in [6.45, 7) is 2.35. The van der Waals surface area contributed by atoms with E-state index in [2.05, 4.69) is 35.2 Å². The average Bonchev–Trinajstić information content (AvgIpc) is 3.70. The van der Waals surface area contributed by atoms with Gasteiger partial charge in [0.25, 0.3) is 0 Å². The van der Waals surface area contributed by atoms with Gasteiger partial charge < -0.3 is 15.2 Å². The van der Waals surface area contributed by atoms with Gasteiger partial charge in [-0.1, -0.05) is 6.07 Å². The number of rotatable bonds is 8. The van der Waals surface area contributed by atoms with Gasteiger partial charge in [-0.05, 0) is 98.5 Å². The Morgan fingerprint density at radius 2 is 1.76 bits per heavy atom. The van der Waals surface area contributed by atoms with E-state index in [1.165, 1.54) is 31.2 Å². The molecule has 41 heavy (non-hydrogen) atoms. The molecule has 5 heterocycles. The van der Waals surface area contributed by atoms with Gasteiger partial charge in [-0.3, -0.25) is 19.4 Å². The maximum Gasteiger partial charge on any atom is 0.248 e. The van der Waals surface area contributed by atoms with E-state index < -0.39 is 5.91 Å². The highest BCUT2D eigenvalue weighted by molar-refractivity contribution is 6.01. The van der Waals surface area contributed by atoms with E-state index >= 15 is 0 Å². The number of benzene rings is 2. The quantitative estimate of drug-likeness (QED) is 0.336. The van der Waals surface area contributed by atoms with Crippen molar-refractivity contribution in [1.29, 1.82) is 0 Å². The van der Waals surface area contributed by atoms with Gasteiger partial charge in [-0.2, -0.15) is 5.10 Å². The molecule has 2 aromatic heterocycles. The molecule has 4 fully saturated rings. The van der Waals surface area contributed by atoms with Crippen molar-refractivity contribution in [3.63, 3.8) is 0 Å². The van der Waals surface area contributed by atoms with Crippen molar-refractivity contribution in [3.8, 4) is 17.0 Å². The van der Waals surface area contributed by atoms with Crippen LogP contribution in [0.25, 0.3) is 22.2 Å². The zero-order chi connectivity index (χ0) is 27.5. The van der Waals surface area contributed by atoms with Crippen molar-refractivity contribution in [1.82, 2.24) is 19.7 Å². The Morgan fingerprint density at radius 1 is 0.976 bits per heavy atom. The number of piperidine rings is 1. The Bertz CT molecular complexity index is 1590. The lowest BCUT2D eigenvalue weighted by Crippen LogP contribution is -2.57. The zero-order valence-corrected chi connectivity index (χ0v) is 23.1. The van der Waals surface area contributed by atoms with Crippen molar-refractivity contribution >= 4 is 16.8 Å². The molecule has 0 radical (unpaired) electrons. The number of carbonyl (C=O) groups excluding carboxylic acids is 1. The van der Waals surface area contributed by atoms with E-state index in [0.717, 1.165) is 59.7 Å². The number of aromatic nitrogens is 3. The van der Waals surface area contributed by atoms with Crippen molar-refractivity contribution < 1.29 is 14.3 Å². The van der Waals surface area contributed by atoms with E-state index in [1.54, 1.807) is 6.07 Å². The lowest BCUT2D eigenvalue weighted by atomic mass is 9.96. The van der Waals surface area contributed by atoms with Crippen LogP contribution < -0.4 is 10.5 Å². The molecule has 8 heteroatoms. The number of pyridine rings is 1. The molecular weight excluding hydrogens is 514 g/mol. The minimum atomic E-state index is -0.444. The Kier molecular flexibility index (Phi) is 6.07. The molecule has 8 nitrogen and oxygen atoms in total. The van der Waals surface area contributed by atoms with E-state index in [4.69, 9.17) is 25.3 Å². The van der Waals surface area contributed by atoms with Crippen LogP contribution in [0.1, 0.15) is 66.1 Å². The van der Waals surface area contributed by atoms with E-state index in [1.807, 2.05) is 29.1 Å². The smallest absolute Gasteiger partial charge is 0.248 e. The SMILES string of the molecule is NC(=O)c1ccc2c(c1)c(-c1ccc(OC3CC4CCC(C3)N4C3COC3)cc1)nn2Cc1ncccc1C1CC1. The second kappa shape index (κ2) is 9.96. The normalized spacial score (nSPS) is 24.4. The molecule has 8 rings (SSSR count). The number of ether oxygens (including phenoxy) is 2. The van der Waals surface area contributed by atoms with Crippen LogP contribution in [0.2, 0.25) is 0 Å². The summed E-state index contributed by atoms with van der Waals surface area (Å²) in [5.74, 6) is 1.05. The number of nitrogens with zero attached hydrogens (tertiary/aromatic N) is 4. The Labute approximate surface area is 239 Å². The number of nitrogens with two attached hydrogens (primary N) is 1. The van der Waals surface area contributed by atoms with Crippen molar-refractivity contribution in [3.05, 3.63) is 77.6 Å². The Morgan fingerprint density at radius 3 is 2.44 bits per heavy atom. The predicted octanol–water partition coefficient (Wildman–Crippen LogP) is 4.90. The zero-order valence-electron chi connectivity index (χ0n) is 23.1. The number of primary amides is 1. The first-order chi connectivity index (χ1) is 20.1. The van der Waals surface area contributed by atoms with Crippen LogP contribution >= 0.6 is 0 Å². The molecule has 2 unspecified atom stereocenters. The highest BCUT2D eigenvalue weighted by Gasteiger charge is 2.46. The van der Waals surface area contributed by atoms with Crippen LogP contribution in [0.5, 0.6) is 5.75 Å². The Hall–Kier alpha value is -3.75.